The molecule has 0 saturated carbocycles. The molecular weight excluding hydrogens is 250 g/mol. The van der Waals surface area contributed by atoms with Gasteiger partial charge in [-0.15, -0.1) is 0 Å². The topological polar surface area (TPSA) is 41.5 Å². The maximum atomic E-state index is 9.35. The summed E-state index contributed by atoms with van der Waals surface area (Å²) in [6.45, 7) is 4.17. The Morgan fingerprint density at radius 2 is 1.85 bits per heavy atom. The summed E-state index contributed by atoms with van der Waals surface area (Å²) < 4.78 is 5.21. The van der Waals surface area contributed by atoms with E-state index in [1.165, 1.54) is 11.1 Å². The van der Waals surface area contributed by atoms with E-state index in [1.807, 2.05) is 18.2 Å². The van der Waals surface area contributed by atoms with Crippen molar-refractivity contribution < 1.29 is 9.84 Å². The Bertz CT molecular complexity index is 564. The van der Waals surface area contributed by atoms with E-state index in [9.17, 15) is 5.11 Å². The van der Waals surface area contributed by atoms with Crippen molar-refractivity contribution in [2.45, 2.75) is 26.5 Å². The summed E-state index contributed by atoms with van der Waals surface area (Å²) in [6.07, 6.45) is 0. The summed E-state index contributed by atoms with van der Waals surface area (Å²) in [7, 11) is 1.61. The lowest BCUT2D eigenvalue weighted by Gasteiger charge is -2.17. The highest BCUT2D eigenvalue weighted by Crippen LogP contribution is 2.25. The van der Waals surface area contributed by atoms with Crippen molar-refractivity contribution >= 4 is 5.69 Å². The Hall–Kier alpha value is -2.00. The molecule has 3 heteroatoms. The van der Waals surface area contributed by atoms with Gasteiger partial charge in [-0.05, 0) is 37.6 Å². The summed E-state index contributed by atoms with van der Waals surface area (Å²) in [5.41, 5.74) is 4.25. The summed E-state index contributed by atoms with van der Waals surface area (Å²) in [6, 6.07) is 14.4. The van der Waals surface area contributed by atoms with E-state index < -0.39 is 0 Å². The zero-order valence-corrected chi connectivity index (χ0v) is 12.2. The predicted molar refractivity (Wildman–Crippen MR) is 82.1 cm³/mol. The molecule has 0 aromatic heterocycles. The molecule has 0 spiro atoms. The monoisotopic (exact) mass is 271 g/mol. The number of hydrogen-bond acceptors (Lipinski definition) is 3. The van der Waals surface area contributed by atoms with Crippen molar-refractivity contribution in [1.82, 2.24) is 0 Å². The fourth-order valence-corrected chi connectivity index (χ4v) is 2.18. The molecule has 2 aromatic carbocycles. The van der Waals surface area contributed by atoms with E-state index in [0.717, 1.165) is 11.3 Å². The number of methoxy groups -OCH3 is 1. The Balaban J connectivity index is 2.15. The fraction of sp³-hybridized carbons (Fsp3) is 0.294. The van der Waals surface area contributed by atoms with E-state index in [4.69, 9.17) is 4.74 Å². The molecule has 0 saturated heterocycles. The zero-order chi connectivity index (χ0) is 14.5. The summed E-state index contributed by atoms with van der Waals surface area (Å²) in [5.74, 6) is 0.709. The number of benzene rings is 2. The van der Waals surface area contributed by atoms with Gasteiger partial charge in [0.2, 0.25) is 0 Å². The van der Waals surface area contributed by atoms with Crippen molar-refractivity contribution in [3.63, 3.8) is 0 Å². The van der Waals surface area contributed by atoms with Gasteiger partial charge in [-0.25, -0.2) is 0 Å². The van der Waals surface area contributed by atoms with E-state index in [-0.39, 0.29) is 12.6 Å². The Labute approximate surface area is 120 Å². The van der Waals surface area contributed by atoms with Crippen LogP contribution >= 0.6 is 0 Å². The first-order valence-electron chi connectivity index (χ1n) is 6.75. The SMILES string of the molecule is COc1ccc(NC(C)c2ccc(C)cc2)cc1CO. The maximum absolute atomic E-state index is 9.35. The highest BCUT2D eigenvalue weighted by atomic mass is 16.5. The third-order valence-corrected chi connectivity index (χ3v) is 3.41. The van der Waals surface area contributed by atoms with Crippen LogP contribution in [0.3, 0.4) is 0 Å². The third-order valence-electron chi connectivity index (χ3n) is 3.41. The quantitative estimate of drug-likeness (QED) is 0.872. The number of aliphatic hydroxyl groups excluding tert-OH is 1. The van der Waals surface area contributed by atoms with E-state index in [1.54, 1.807) is 7.11 Å². The number of anilines is 1. The molecule has 2 N–H and O–H groups in total. The number of aryl methyl sites for hydroxylation is 1. The van der Waals surface area contributed by atoms with Gasteiger partial charge in [0.1, 0.15) is 5.75 Å². The molecule has 0 aliphatic carbocycles. The largest absolute Gasteiger partial charge is 0.496 e. The first-order valence-corrected chi connectivity index (χ1v) is 6.75. The van der Waals surface area contributed by atoms with Crippen LogP contribution in [0.25, 0.3) is 0 Å². The molecule has 1 unspecified atom stereocenters. The molecule has 20 heavy (non-hydrogen) atoms. The van der Waals surface area contributed by atoms with Gasteiger partial charge in [0, 0.05) is 17.3 Å². The first-order chi connectivity index (χ1) is 9.63. The molecule has 0 fully saturated rings. The zero-order valence-electron chi connectivity index (χ0n) is 12.2. The third kappa shape index (κ3) is 3.31. The molecule has 106 valence electrons. The lowest BCUT2D eigenvalue weighted by Crippen LogP contribution is -2.07. The van der Waals surface area contributed by atoms with Crippen molar-refractivity contribution in [3.05, 3.63) is 59.2 Å². The maximum Gasteiger partial charge on any atom is 0.124 e. The van der Waals surface area contributed by atoms with E-state index >= 15 is 0 Å². The normalized spacial score (nSPS) is 12.0. The highest BCUT2D eigenvalue weighted by Gasteiger charge is 2.07. The molecule has 2 aromatic rings. The molecule has 2 rings (SSSR count). The molecule has 0 aliphatic rings. The summed E-state index contributed by atoms with van der Waals surface area (Å²) >= 11 is 0. The highest BCUT2D eigenvalue weighted by molar-refractivity contribution is 5.52. The van der Waals surface area contributed by atoms with Crippen LogP contribution in [0.5, 0.6) is 5.75 Å². The van der Waals surface area contributed by atoms with Gasteiger partial charge in [-0.2, -0.15) is 0 Å². The average molecular weight is 271 g/mol. The van der Waals surface area contributed by atoms with Crippen LogP contribution < -0.4 is 10.1 Å². The molecule has 0 aliphatic heterocycles. The lowest BCUT2D eigenvalue weighted by molar-refractivity contribution is 0.274. The van der Waals surface area contributed by atoms with E-state index in [2.05, 4.69) is 43.4 Å². The smallest absolute Gasteiger partial charge is 0.124 e. The van der Waals surface area contributed by atoms with Crippen LogP contribution in [-0.4, -0.2) is 12.2 Å². The van der Waals surface area contributed by atoms with Crippen LogP contribution in [-0.2, 0) is 6.61 Å². The Kier molecular flexibility index (Phi) is 4.64. The molecule has 3 nitrogen and oxygen atoms in total. The van der Waals surface area contributed by atoms with Gasteiger partial charge in [-0.3, -0.25) is 0 Å². The number of hydrogen-bond donors (Lipinski definition) is 2. The van der Waals surface area contributed by atoms with Gasteiger partial charge >= 0.3 is 0 Å². The second kappa shape index (κ2) is 6.44. The van der Waals surface area contributed by atoms with Crippen LogP contribution in [0.1, 0.15) is 29.7 Å². The van der Waals surface area contributed by atoms with Gasteiger partial charge in [0.15, 0.2) is 0 Å². The first kappa shape index (κ1) is 14.4. The molecule has 0 heterocycles. The van der Waals surface area contributed by atoms with Crippen LogP contribution in [0.15, 0.2) is 42.5 Å². The molecule has 0 bridgehead atoms. The van der Waals surface area contributed by atoms with Crippen molar-refractivity contribution in [2.24, 2.45) is 0 Å². The standard InChI is InChI=1S/C17H21NO2/c1-12-4-6-14(7-5-12)13(2)18-16-8-9-17(20-3)15(10-16)11-19/h4-10,13,18-19H,11H2,1-3H3. The lowest BCUT2D eigenvalue weighted by atomic mass is 10.1. The van der Waals surface area contributed by atoms with Crippen LogP contribution in [0.2, 0.25) is 0 Å². The molecular formula is C17H21NO2. The minimum Gasteiger partial charge on any atom is -0.496 e. The summed E-state index contributed by atoms with van der Waals surface area (Å²) in [5, 5.41) is 12.8. The second-order valence-corrected chi connectivity index (χ2v) is 4.96. The summed E-state index contributed by atoms with van der Waals surface area (Å²) in [4.78, 5) is 0. The van der Waals surface area contributed by atoms with Crippen molar-refractivity contribution in [2.75, 3.05) is 12.4 Å². The van der Waals surface area contributed by atoms with Crippen LogP contribution in [0, 0.1) is 6.92 Å². The van der Waals surface area contributed by atoms with Crippen molar-refractivity contribution in [1.29, 1.82) is 0 Å². The Morgan fingerprint density at radius 3 is 2.45 bits per heavy atom. The van der Waals surface area contributed by atoms with Crippen LogP contribution in [0.4, 0.5) is 5.69 Å². The van der Waals surface area contributed by atoms with E-state index in [0.29, 0.717) is 5.75 Å². The average Bonchev–Trinajstić information content (AvgIpc) is 2.47. The number of rotatable bonds is 5. The minimum atomic E-state index is -0.0302. The molecule has 1 atom stereocenters. The second-order valence-electron chi connectivity index (χ2n) is 4.96. The van der Waals surface area contributed by atoms with Crippen molar-refractivity contribution in [3.8, 4) is 5.75 Å². The Morgan fingerprint density at radius 1 is 1.15 bits per heavy atom. The molecule has 0 radical (unpaired) electrons. The van der Waals surface area contributed by atoms with Gasteiger partial charge in [-0.1, -0.05) is 29.8 Å². The number of nitrogens with one attached hydrogen (secondary N) is 1. The number of ether oxygens (including phenoxy) is 1. The van der Waals surface area contributed by atoms with Gasteiger partial charge in [0.05, 0.1) is 13.7 Å². The van der Waals surface area contributed by atoms with Gasteiger partial charge < -0.3 is 15.2 Å². The number of aliphatic hydroxyl groups is 1. The van der Waals surface area contributed by atoms with Gasteiger partial charge in [0.25, 0.3) is 0 Å². The molecule has 0 amide bonds. The predicted octanol–water partition coefficient (Wildman–Crippen LogP) is 3.67. The minimum absolute atomic E-state index is 0.0302. The fourth-order valence-electron chi connectivity index (χ4n) is 2.18.